The molecule has 5 heteroatoms. The minimum Gasteiger partial charge on any atom is -0.456 e. The Hall–Kier alpha value is -3.60. The molecular formula is C27H30N2O3. The minimum absolute atomic E-state index is 0.277. The van der Waals surface area contributed by atoms with E-state index < -0.39 is 11.6 Å². The molecule has 0 radical (unpaired) electrons. The first-order valence-electron chi connectivity index (χ1n) is 10.6. The van der Waals surface area contributed by atoms with E-state index in [2.05, 4.69) is 5.32 Å². The molecule has 0 unspecified atom stereocenters. The second kappa shape index (κ2) is 9.27. The molecule has 0 aliphatic heterocycles. The summed E-state index contributed by atoms with van der Waals surface area (Å²) in [5.74, 6) is -0.757. The number of aryl methyl sites for hydroxylation is 1. The summed E-state index contributed by atoms with van der Waals surface area (Å²) in [5.41, 5.74) is 4.30. The van der Waals surface area contributed by atoms with Crippen molar-refractivity contribution < 1.29 is 14.3 Å². The van der Waals surface area contributed by atoms with Crippen LogP contribution in [0.25, 0.3) is 11.1 Å². The van der Waals surface area contributed by atoms with Crippen molar-refractivity contribution in [2.24, 2.45) is 0 Å². The molecule has 0 aliphatic rings. The van der Waals surface area contributed by atoms with Gasteiger partial charge < -0.3 is 15.0 Å². The lowest BCUT2D eigenvalue weighted by Crippen LogP contribution is -2.25. The maximum atomic E-state index is 13.2. The number of benzene rings is 3. The number of nitrogens with zero attached hydrogens (tertiary/aromatic N) is 1. The summed E-state index contributed by atoms with van der Waals surface area (Å²) in [6, 6.07) is 20.9. The van der Waals surface area contributed by atoms with Gasteiger partial charge in [0.2, 0.25) is 0 Å². The number of esters is 1. The maximum Gasteiger partial charge on any atom is 0.340 e. The fourth-order valence-electron chi connectivity index (χ4n) is 3.29. The number of anilines is 2. The van der Waals surface area contributed by atoms with E-state index in [0.717, 1.165) is 22.4 Å². The average Bonchev–Trinajstić information content (AvgIpc) is 2.73. The van der Waals surface area contributed by atoms with Crippen molar-refractivity contribution in [2.75, 3.05) is 24.3 Å². The summed E-state index contributed by atoms with van der Waals surface area (Å²) < 4.78 is 5.57. The minimum atomic E-state index is -0.646. The van der Waals surface area contributed by atoms with Gasteiger partial charge in [-0.25, -0.2) is 4.79 Å². The van der Waals surface area contributed by atoms with Gasteiger partial charge in [-0.05, 0) is 68.7 Å². The fourth-order valence-corrected chi connectivity index (χ4v) is 3.29. The van der Waals surface area contributed by atoms with Crippen molar-refractivity contribution in [2.45, 2.75) is 33.3 Å². The van der Waals surface area contributed by atoms with Crippen molar-refractivity contribution in [1.29, 1.82) is 0 Å². The molecule has 0 aromatic heterocycles. The molecule has 3 aromatic rings. The van der Waals surface area contributed by atoms with Gasteiger partial charge in [0, 0.05) is 25.3 Å². The summed E-state index contributed by atoms with van der Waals surface area (Å²) in [6.07, 6.45) is 0. The number of rotatable bonds is 5. The molecule has 0 aliphatic carbocycles. The SMILES string of the molecule is Cc1ccc(N(C)C)cc1C(=O)Nc1cc(-c2ccccc2)ccc1C(=O)OC(C)(C)C. The molecule has 0 fully saturated rings. The van der Waals surface area contributed by atoms with Crippen molar-refractivity contribution >= 4 is 23.3 Å². The van der Waals surface area contributed by atoms with Gasteiger partial charge in [-0.1, -0.05) is 42.5 Å². The molecule has 3 aromatic carbocycles. The van der Waals surface area contributed by atoms with Gasteiger partial charge in [0.1, 0.15) is 5.60 Å². The van der Waals surface area contributed by atoms with Crippen LogP contribution in [0.15, 0.2) is 66.7 Å². The van der Waals surface area contributed by atoms with E-state index in [1.807, 2.05) is 107 Å². The predicted octanol–water partition coefficient (Wildman–Crippen LogP) is 5.94. The molecule has 0 bridgehead atoms. The van der Waals surface area contributed by atoms with Crippen molar-refractivity contribution in [3.63, 3.8) is 0 Å². The number of carbonyl (C=O) groups is 2. The highest BCUT2D eigenvalue weighted by Crippen LogP contribution is 2.28. The third kappa shape index (κ3) is 5.55. The Morgan fingerprint density at radius 2 is 1.53 bits per heavy atom. The van der Waals surface area contributed by atoms with Crippen LogP contribution in [-0.4, -0.2) is 31.6 Å². The number of carbonyl (C=O) groups excluding carboxylic acids is 2. The number of hydrogen-bond donors (Lipinski definition) is 1. The number of ether oxygens (including phenoxy) is 1. The lowest BCUT2D eigenvalue weighted by atomic mass is 10.0. The number of amides is 1. The van der Waals surface area contributed by atoms with Crippen LogP contribution in [0.2, 0.25) is 0 Å². The quantitative estimate of drug-likeness (QED) is 0.509. The number of hydrogen-bond acceptors (Lipinski definition) is 4. The standard InChI is InChI=1S/C27H30N2O3/c1-18-12-14-21(29(5)6)17-23(18)25(30)28-24-16-20(19-10-8-7-9-11-19)13-15-22(24)26(31)32-27(2,3)4/h7-17H,1-6H3,(H,28,30). The van der Waals surface area contributed by atoms with Gasteiger partial charge >= 0.3 is 5.97 Å². The summed E-state index contributed by atoms with van der Waals surface area (Å²) in [6.45, 7) is 7.34. The van der Waals surface area contributed by atoms with Gasteiger partial charge in [-0.3, -0.25) is 4.79 Å². The van der Waals surface area contributed by atoms with E-state index in [-0.39, 0.29) is 5.91 Å². The molecule has 5 nitrogen and oxygen atoms in total. The second-order valence-electron chi connectivity index (χ2n) is 8.98. The van der Waals surface area contributed by atoms with Gasteiger partial charge in [0.25, 0.3) is 5.91 Å². The Bertz CT molecular complexity index is 1130. The van der Waals surface area contributed by atoms with Gasteiger partial charge in [0.05, 0.1) is 11.3 Å². The van der Waals surface area contributed by atoms with Gasteiger partial charge in [-0.15, -0.1) is 0 Å². The normalized spacial score (nSPS) is 11.1. The molecular weight excluding hydrogens is 400 g/mol. The predicted molar refractivity (Wildman–Crippen MR) is 131 cm³/mol. The molecule has 1 amide bonds. The first-order valence-corrected chi connectivity index (χ1v) is 10.6. The summed E-state index contributed by atoms with van der Waals surface area (Å²) >= 11 is 0. The lowest BCUT2D eigenvalue weighted by molar-refractivity contribution is 0.00708. The Morgan fingerprint density at radius 1 is 0.844 bits per heavy atom. The zero-order chi connectivity index (χ0) is 23.5. The topological polar surface area (TPSA) is 58.6 Å². The molecule has 0 spiro atoms. The summed E-state index contributed by atoms with van der Waals surface area (Å²) in [5, 5.41) is 2.95. The van der Waals surface area contributed by atoms with Crippen LogP contribution in [-0.2, 0) is 4.74 Å². The summed E-state index contributed by atoms with van der Waals surface area (Å²) in [7, 11) is 3.85. The molecule has 3 rings (SSSR count). The Balaban J connectivity index is 2.03. The van der Waals surface area contributed by atoms with E-state index in [9.17, 15) is 9.59 Å². The van der Waals surface area contributed by atoms with E-state index in [0.29, 0.717) is 16.8 Å². The monoisotopic (exact) mass is 430 g/mol. The van der Waals surface area contributed by atoms with E-state index in [1.54, 1.807) is 6.07 Å². The van der Waals surface area contributed by atoms with Crippen molar-refractivity contribution in [3.8, 4) is 11.1 Å². The van der Waals surface area contributed by atoms with Crippen molar-refractivity contribution in [1.82, 2.24) is 0 Å². The molecule has 1 N–H and O–H groups in total. The largest absolute Gasteiger partial charge is 0.456 e. The molecule has 32 heavy (non-hydrogen) atoms. The van der Waals surface area contributed by atoms with E-state index in [1.165, 1.54) is 0 Å². The second-order valence-corrected chi connectivity index (χ2v) is 8.98. The average molecular weight is 431 g/mol. The van der Waals surface area contributed by atoms with E-state index in [4.69, 9.17) is 4.74 Å². The van der Waals surface area contributed by atoms with Gasteiger partial charge in [-0.2, -0.15) is 0 Å². The first-order chi connectivity index (χ1) is 15.0. The zero-order valence-electron chi connectivity index (χ0n) is 19.5. The number of nitrogens with one attached hydrogen (secondary N) is 1. The lowest BCUT2D eigenvalue weighted by Gasteiger charge is -2.21. The Morgan fingerprint density at radius 3 is 2.16 bits per heavy atom. The highest BCUT2D eigenvalue weighted by Gasteiger charge is 2.22. The van der Waals surface area contributed by atoms with Crippen LogP contribution < -0.4 is 10.2 Å². The highest BCUT2D eigenvalue weighted by molar-refractivity contribution is 6.09. The smallest absolute Gasteiger partial charge is 0.340 e. The molecule has 0 saturated carbocycles. The third-order valence-electron chi connectivity index (χ3n) is 4.98. The van der Waals surface area contributed by atoms with Crippen molar-refractivity contribution in [3.05, 3.63) is 83.4 Å². The maximum absolute atomic E-state index is 13.2. The zero-order valence-corrected chi connectivity index (χ0v) is 19.5. The van der Waals surface area contributed by atoms with Crippen LogP contribution in [0.1, 0.15) is 47.1 Å². The third-order valence-corrected chi connectivity index (χ3v) is 4.98. The van der Waals surface area contributed by atoms with Gasteiger partial charge in [0.15, 0.2) is 0 Å². The fraction of sp³-hybridized carbons (Fsp3) is 0.259. The van der Waals surface area contributed by atoms with Crippen LogP contribution in [0.5, 0.6) is 0 Å². The summed E-state index contributed by atoms with van der Waals surface area (Å²) in [4.78, 5) is 28.1. The molecule has 166 valence electrons. The first kappa shape index (κ1) is 23.1. The molecule has 0 heterocycles. The molecule has 0 saturated heterocycles. The Labute approximate surface area is 190 Å². The van der Waals surface area contributed by atoms with Crippen LogP contribution >= 0.6 is 0 Å². The molecule has 0 atom stereocenters. The van der Waals surface area contributed by atoms with Crippen LogP contribution in [0.4, 0.5) is 11.4 Å². The van der Waals surface area contributed by atoms with Crippen LogP contribution in [0, 0.1) is 6.92 Å². The Kier molecular flexibility index (Phi) is 6.68. The highest BCUT2D eigenvalue weighted by atomic mass is 16.6. The van der Waals surface area contributed by atoms with E-state index >= 15 is 0 Å². The van der Waals surface area contributed by atoms with Crippen LogP contribution in [0.3, 0.4) is 0 Å².